The minimum absolute atomic E-state index is 0.0409. The highest BCUT2D eigenvalue weighted by Gasteiger charge is 2.67. The lowest BCUT2D eigenvalue weighted by molar-refractivity contribution is -0.211. The van der Waals surface area contributed by atoms with Crippen LogP contribution in [-0.4, -0.2) is 45.0 Å². The van der Waals surface area contributed by atoms with Crippen LogP contribution in [0, 0.1) is 12.3 Å². The smallest absolute Gasteiger partial charge is 0.234 e. The molecule has 0 saturated heterocycles. The molecule has 1 aromatic rings. The Morgan fingerprint density at radius 2 is 1.86 bits per heavy atom. The average molecular weight is 389 g/mol. The molecule has 8 nitrogen and oxygen atoms in total. The van der Waals surface area contributed by atoms with E-state index >= 15 is 0 Å². The number of hydrogen-bond donors (Lipinski definition) is 4. The molecule has 0 spiro atoms. The number of Topliss-reactive ketones (excluding diaryl/α,β-unsaturated/α-hetero) is 2. The normalized spacial score (nSPS) is 26.0. The molecule has 0 bridgehead atoms. The molecule has 2 aliphatic rings. The standard InChI is InChI=1S/C20H23NO7/c1-6-27-20-7-11(23)12(9(3)21)18(26)19(20,5)14-16(25)13(10(4)22)15(24)8(2)17(14)28-20/h21,24-26H,6-7H2,1-5H3/t19-,20+/m0/s1. The van der Waals surface area contributed by atoms with Crippen molar-refractivity contribution < 1.29 is 34.4 Å². The van der Waals surface area contributed by atoms with Crippen LogP contribution in [0.25, 0.3) is 0 Å². The van der Waals surface area contributed by atoms with Gasteiger partial charge in [-0.25, -0.2) is 0 Å². The molecule has 0 radical (unpaired) electrons. The Hall–Kier alpha value is -2.87. The van der Waals surface area contributed by atoms with E-state index in [0.29, 0.717) is 0 Å². The number of phenols is 2. The van der Waals surface area contributed by atoms with E-state index in [2.05, 4.69) is 0 Å². The maximum absolute atomic E-state index is 12.7. The lowest BCUT2D eigenvalue weighted by Gasteiger charge is -2.44. The van der Waals surface area contributed by atoms with Gasteiger partial charge in [0.15, 0.2) is 11.6 Å². The number of benzene rings is 1. The Labute approximate surface area is 161 Å². The number of hydrogen-bond acceptors (Lipinski definition) is 8. The van der Waals surface area contributed by atoms with Crippen LogP contribution >= 0.6 is 0 Å². The van der Waals surface area contributed by atoms with Gasteiger partial charge in [0.25, 0.3) is 0 Å². The van der Waals surface area contributed by atoms with Gasteiger partial charge in [0.05, 0.1) is 17.6 Å². The second-order valence-electron chi connectivity index (χ2n) is 7.32. The number of aliphatic hydroxyl groups is 1. The summed E-state index contributed by atoms with van der Waals surface area (Å²) in [5.74, 6) is -4.20. The van der Waals surface area contributed by atoms with Crippen molar-refractivity contribution in [1.29, 1.82) is 5.41 Å². The van der Waals surface area contributed by atoms with E-state index in [4.69, 9.17) is 14.9 Å². The van der Waals surface area contributed by atoms with E-state index in [-0.39, 0.29) is 46.8 Å². The van der Waals surface area contributed by atoms with E-state index in [9.17, 15) is 24.9 Å². The van der Waals surface area contributed by atoms with Crippen molar-refractivity contribution in [3.8, 4) is 17.2 Å². The van der Waals surface area contributed by atoms with Gasteiger partial charge in [-0.1, -0.05) is 0 Å². The molecule has 1 aliphatic heterocycles. The summed E-state index contributed by atoms with van der Waals surface area (Å²) < 4.78 is 11.8. The molecule has 0 unspecified atom stereocenters. The Morgan fingerprint density at radius 3 is 2.36 bits per heavy atom. The number of aliphatic hydroxyl groups excluding tert-OH is 1. The third kappa shape index (κ3) is 2.18. The number of carbonyl (C=O) groups excluding carboxylic acids is 2. The first-order valence-corrected chi connectivity index (χ1v) is 8.89. The summed E-state index contributed by atoms with van der Waals surface area (Å²) in [7, 11) is 0. The van der Waals surface area contributed by atoms with Crippen LogP contribution in [0.2, 0.25) is 0 Å². The van der Waals surface area contributed by atoms with E-state index in [0.717, 1.165) is 0 Å². The van der Waals surface area contributed by atoms with E-state index in [1.165, 1.54) is 27.7 Å². The van der Waals surface area contributed by atoms with Crippen LogP contribution in [0.1, 0.15) is 55.6 Å². The molecule has 150 valence electrons. The number of carbonyl (C=O) groups is 2. The predicted octanol–water partition coefficient (Wildman–Crippen LogP) is 2.82. The Balaban J connectivity index is 2.50. The SMILES string of the molecule is CCO[C@@]12CC(=O)C(C(C)=N)=C(O)[C@]1(C)c1c(O)c(C(C)=O)c(O)c(C)c1O2. The van der Waals surface area contributed by atoms with Gasteiger partial charge in [0.1, 0.15) is 34.0 Å². The van der Waals surface area contributed by atoms with Crippen molar-refractivity contribution >= 4 is 17.3 Å². The fourth-order valence-corrected chi connectivity index (χ4v) is 4.25. The first-order chi connectivity index (χ1) is 12.9. The van der Waals surface area contributed by atoms with Crippen molar-refractivity contribution in [3.63, 3.8) is 0 Å². The molecular weight excluding hydrogens is 366 g/mol. The zero-order chi connectivity index (χ0) is 21.2. The molecule has 3 rings (SSSR count). The van der Waals surface area contributed by atoms with Crippen molar-refractivity contribution in [2.45, 2.75) is 52.2 Å². The minimum Gasteiger partial charge on any atom is -0.510 e. The quantitative estimate of drug-likeness (QED) is 0.459. The molecule has 1 aromatic carbocycles. The molecule has 1 heterocycles. The zero-order valence-corrected chi connectivity index (χ0v) is 16.4. The van der Waals surface area contributed by atoms with Crippen LogP contribution < -0.4 is 4.74 Å². The summed E-state index contributed by atoms with van der Waals surface area (Å²) in [4.78, 5) is 24.7. The van der Waals surface area contributed by atoms with Gasteiger partial charge in [-0.05, 0) is 34.6 Å². The number of allylic oxidation sites excluding steroid dienone is 1. The van der Waals surface area contributed by atoms with Gasteiger partial charge in [-0.2, -0.15) is 0 Å². The van der Waals surface area contributed by atoms with Crippen molar-refractivity contribution in [2.24, 2.45) is 0 Å². The van der Waals surface area contributed by atoms with E-state index in [1.807, 2.05) is 0 Å². The lowest BCUT2D eigenvalue weighted by atomic mass is 9.66. The number of nitrogens with one attached hydrogen (secondary N) is 1. The predicted molar refractivity (Wildman–Crippen MR) is 99.5 cm³/mol. The van der Waals surface area contributed by atoms with Crippen LogP contribution in [0.15, 0.2) is 11.3 Å². The summed E-state index contributed by atoms with van der Waals surface area (Å²) in [6.45, 7) is 7.43. The molecule has 2 atom stereocenters. The summed E-state index contributed by atoms with van der Waals surface area (Å²) in [6, 6.07) is 0. The number of phenolic OH excluding ortho intramolecular Hbond substituents is 2. The molecular formula is C20H23NO7. The van der Waals surface area contributed by atoms with Gasteiger partial charge in [-0.3, -0.25) is 9.59 Å². The lowest BCUT2D eigenvalue weighted by Crippen LogP contribution is -2.58. The van der Waals surface area contributed by atoms with Crippen molar-refractivity contribution in [1.82, 2.24) is 0 Å². The third-order valence-corrected chi connectivity index (χ3v) is 5.65. The zero-order valence-electron chi connectivity index (χ0n) is 16.4. The molecule has 28 heavy (non-hydrogen) atoms. The summed E-state index contributed by atoms with van der Waals surface area (Å²) >= 11 is 0. The first kappa shape index (κ1) is 19.9. The highest BCUT2D eigenvalue weighted by molar-refractivity contribution is 6.22. The van der Waals surface area contributed by atoms with E-state index in [1.54, 1.807) is 6.92 Å². The number of fused-ring (bicyclic) bond motifs is 3. The largest absolute Gasteiger partial charge is 0.510 e. The molecule has 0 aromatic heterocycles. The van der Waals surface area contributed by atoms with Gasteiger partial charge >= 0.3 is 0 Å². The second kappa shape index (κ2) is 6.07. The maximum atomic E-state index is 12.7. The Kier molecular flexibility index (Phi) is 4.31. The van der Waals surface area contributed by atoms with Crippen molar-refractivity contribution in [3.05, 3.63) is 28.0 Å². The molecule has 0 saturated carbocycles. The average Bonchev–Trinajstić information content (AvgIpc) is 2.83. The molecule has 1 aliphatic carbocycles. The van der Waals surface area contributed by atoms with Gasteiger partial charge < -0.3 is 30.2 Å². The van der Waals surface area contributed by atoms with Crippen LogP contribution in [0.5, 0.6) is 17.2 Å². The fraction of sp³-hybridized carbons (Fsp3) is 0.450. The molecule has 0 amide bonds. The van der Waals surface area contributed by atoms with Crippen LogP contribution in [0.3, 0.4) is 0 Å². The highest BCUT2D eigenvalue weighted by atomic mass is 16.7. The summed E-state index contributed by atoms with van der Waals surface area (Å²) in [5.41, 5.74) is -1.96. The number of ketones is 2. The van der Waals surface area contributed by atoms with Crippen LogP contribution in [-0.2, 0) is 14.9 Å². The summed E-state index contributed by atoms with van der Waals surface area (Å²) in [5, 5.41) is 40.3. The van der Waals surface area contributed by atoms with E-state index < -0.39 is 40.0 Å². The van der Waals surface area contributed by atoms with Gasteiger partial charge in [-0.15, -0.1) is 0 Å². The first-order valence-electron chi connectivity index (χ1n) is 8.89. The fourth-order valence-electron chi connectivity index (χ4n) is 4.25. The molecule has 0 fully saturated rings. The number of rotatable bonds is 4. The van der Waals surface area contributed by atoms with Crippen LogP contribution in [0.4, 0.5) is 0 Å². The Bertz CT molecular complexity index is 978. The van der Waals surface area contributed by atoms with Crippen molar-refractivity contribution in [2.75, 3.05) is 6.61 Å². The molecule has 4 N–H and O–H groups in total. The summed E-state index contributed by atoms with van der Waals surface area (Å²) in [6.07, 6.45) is -0.309. The highest BCUT2D eigenvalue weighted by Crippen LogP contribution is 2.63. The number of aromatic hydroxyl groups is 2. The van der Waals surface area contributed by atoms with Gasteiger partial charge in [0, 0.05) is 17.9 Å². The maximum Gasteiger partial charge on any atom is 0.234 e. The Morgan fingerprint density at radius 1 is 1.25 bits per heavy atom. The molecule has 8 heteroatoms. The monoisotopic (exact) mass is 389 g/mol. The third-order valence-electron chi connectivity index (χ3n) is 5.65. The minimum atomic E-state index is -1.69. The topological polar surface area (TPSA) is 137 Å². The number of ether oxygens (including phenoxy) is 2. The second-order valence-corrected chi connectivity index (χ2v) is 7.32. The van der Waals surface area contributed by atoms with Gasteiger partial charge in [0.2, 0.25) is 5.79 Å².